The van der Waals surface area contributed by atoms with Crippen LogP contribution in [0.25, 0.3) is 0 Å². The van der Waals surface area contributed by atoms with Crippen LogP contribution in [0.3, 0.4) is 0 Å². The number of rotatable bonds is 8. The second-order valence-electron chi connectivity index (χ2n) is 8.73. The largest absolute Gasteiger partial charge is 0.381 e. The van der Waals surface area contributed by atoms with Crippen LogP contribution in [0.4, 0.5) is 0 Å². The second-order valence-corrected chi connectivity index (χ2v) is 8.73. The van der Waals surface area contributed by atoms with Gasteiger partial charge in [0.15, 0.2) is 0 Å². The summed E-state index contributed by atoms with van der Waals surface area (Å²) in [5.41, 5.74) is 0. The van der Waals surface area contributed by atoms with Gasteiger partial charge in [-0.3, -0.25) is 0 Å². The maximum Gasteiger partial charge on any atom is 0.0478 e. The quantitative estimate of drug-likeness (QED) is 0.633. The lowest BCUT2D eigenvalue weighted by Crippen LogP contribution is -2.39. The average molecular weight is 325 g/mol. The molecule has 0 saturated carbocycles. The summed E-state index contributed by atoms with van der Waals surface area (Å²) in [7, 11) is 0. The zero-order valence-corrected chi connectivity index (χ0v) is 16.1. The highest BCUT2D eigenvalue weighted by molar-refractivity contribution is 4.75. The molecule has 0 aromatic rings. The van der Waals surface area contributed by atoms with Gasteiger partial charge in [-0.25, -0.2) is 0 Å². The Morgan fingerprint density at radius 2 is 1.00 bits per heavy atom. The van der Waals surface area contributed by atoms with Crippen molar-refractivity contribution in [2.24, 2.45) is 23.7 Å². The lowest BCUT2D eigenvalue weighted by Gasteiger charge is -2.35. The van der Waals surface area contributed by atoms with Crippen molar-refractivity contribution in [3.8, 4) is 0 Å². The van der Waals surface area contributed by atoms with E-state index in [9.17, 15) is 0 Å². The van der Waals surface area contributed by atoms with Crippen LogP contribution in [0.5, 0.6) is 0 Å². The molecule has 2 saturated heterocycles. The van der Waals surface area contributed by atoms with E-state index >= 15 is 0 Å². The Labute approximate surface area is 144 Å². The van der Waals surface area contributed by atoms with Gasteiger partial charge in [0.2, 0.25) is 0 Å². The van der Waals surface area contributed by atoms with Crippen LogP contribution < -0.4 is 0 Å². The van der Waals surface area contributed by atoms with Gasteiger partial charge in [-0.15, -0.1) is 0 Å². The maximum atomic E-state index is 5.87. The molecule has 0 unspecified atom stereocenters. The number of piperidine rings is 2. The molecule has 0 aliphatic carbocycles. The van der Waals surface area contributed by atoms with Crippen molar-refractivity contribution in [1.82, 2.24) is 9.80 Å². The van der Waals surface area contributed by atoms with E-state index in [0.717, 1.165) is 36.9 Å². The molecule has 0 N–H and O–H groups in total. The Kier molecular flexibility index (Phi) is 8.35. The van der Waals surface area contributed by atoms with E-state index in [1.54, 1.807) is 0 Å². The molecule has 0 aromatic carbocycles. The van der Waals surface area contributed by atoms with Crippen molar-refractivity contribution in [3.05, 3.63) is 0 Å². The molecular weight excluding hydrogens is 284 g/mol. The van der Waals surface area contributed by atoms with E-state index in [1.807, 2.05) is 0 Å². The van der Waals surface area contributed by atoms with Gasteiger partial charge in [-0.05, 0) is 49.4 Å². The van der Waals surface area contributed by atoms with Gasteiger partial charge in [0.25, 0.3) is 0 Å². The van der Waals surface area contributed by atoms with Crippen molar-refractivity contribution in [2.45, 2.75) is 53.4 Å². The minimum absolute atomic E-state index is 0.869. The predicted octanol–water partition coefficient (Wildman–Crippen LogP) is 3.74. The molecule has 136 valence electrons. The van der Waals surface area contributed by atoms with Gasteiger partial charge in [-0.1, -0.05) is 27.7 Å². The van der Waals surface area contributed by atoms with Crippen LogP contribution in [0.1, 0.15) is 53.4 Å². The first kappa shape index (κ1) is 19.2. The number of ether oxygens (including phenoxy) is 1. The zero-order chi connectivity index (χ0) is 16.7. The van der Waals surface area contributed by atoms with E-state index in [0.29, 0.717) is 0 Å². The summed E-state index contributed by atoms with van der Waals surface area (Å²) in [6, 6.07) is 0. The van der Waals surface area contributed by atoms with Gasteiger partial charge >= 0.3 is 0 Å². The summed E-state index contributed by atoms with van der Waals surface area (Å²) in [6.07, 6.45) is 5.19. The molecule has 0 aromatic heterocycles. The van der Waals surface area contributed by atoms with Crippen LogP contribution in [0.15, 0.2) is 0 Å². The summed E-state index contributed by atoms with van der Waals surface area (Å²) in [6.45, 7) is 19.0. The number of hydrogen-bond acceptors (Lipinski definition) is 3. The summed E-state index contributed by atoms with van der Waals surface area (Å²) in [5, 5.41) is 0. The van der Waals surface area contributed by atoms with Crippen LogP contribution in [-0.2, 0) is 4.74 Å². The molecule has 0 amide bonds. The highest BCUT2D eigenvalue weighted by atomic mass is 16.5. The number of likely N-dealkylation sites (tertiary alicyclic amines) is 2. The van der Waals surface area contributed by atoms with Crippen molar-refractivity contribution in [2.75, 3.05) is 52.5 Å². The summed E-state index contributed by atoms with van der Waals surface area (Å²) in [5.74, 6) is 3.48. The normalized spacial score (nSPS) is 33.9. The molecule has 2 rings (SSSR count). The number of nitrogens with zero attached hydrogens (tertiary/aromatic N) is 2. The van der Waals surface area contributed by atoms with Gasteiger partial charge in [0, 0.05) is 52.5 Å². The van der Waals surface area contributed by atoms with Gasteiger partial charge < -0.3 is 14.5 Å². The molecule has 3 heteroatoms. The average Bonchev–Trinajstić information content (AvgIpc) is 2.44. The first-order valence-corrected chi connectivity index (χ1v) is 10.1. The first-order valence-electron chi connectivity index (χ1n) is 10.1. The lowest BCUT2D eigenvalue weighted by molar-refractivity contribution is 0.0842. The Balaban J connectivity index is 1.45. The SMILES string of the molecule is C[C@@H]1C[C@H](C)CN(CCCOCCCN2C[C@H](C)C[C@H](C)C2)C1. The van der Waals surface area contributed by atoms with Crippen LogP contribution in [0.2, 0.25) is 0 Å². The molecule has 2 aliphatic rings. The van der Waals surface area contributed by atoms with E-state index in [2.05, 4.69) is 37.5 Å². The first-order chi connectivity index (χ1) is 11.0. The third-order valence-corrected chi connectivity index (χ3v) is 5.41. The second kappa shape index (κ2) is 10.0. The minimum atomic E-state index is 0.869. The summed E-state index contributed by atoms with van der Waals surface area (Å²) >= 11 is 0. The molecular formula is C20H40N2O. The smallest absolute Gasteiger partial charge is 0.0478 e. The Bertz CT molecular complexity index is 273. The van der Waals surface area contributed by atoms with E-state index in [-0.39, 0.29) is 0 Å². The van der Waals surface area contributed by atoms with Gasteiger partial charge in [-0.2, -0.15) is 0 Å². The highest BCUT2D eigenvalue weighted by Gasteiger charge is 2.22. The van der Waals surface area contributed by atoms with Crippen molar-refractivity contribution in [1.29, 1.82) is 0 Å². The molecule has 23 heavy (non-hydrogen) atoms. The fourth-order valence-corrected chi connectivity index (χ4v) is 4.83. The molecule has 2 fully saturated rings. The maximum absolute atomic E-state index is 5.87. The number of hydrogen-bond donors (Lipinski definition) is 0. The van der Waals surface area contributed by atoms with Crippen LogP contribution >= 0.6 is 0 Å². The highest BCUT2D eigenvalue weighted by Crippen LogP contribution is 2.21. The topological polar surface area (TPSA) is 15.7 Å². The summed E-state index contributed by atoms with van der Waals surface area (Å²) in [4.78, 5) is 5.28. The Hall–Kier alpha value is -0.120. The fourth-order valence-electron chi connectivity index (χ4n) is 4.83. The molecule has 0 spiro atoms. The molecule has 4 atom stereocenters. The van der Waals surface area contributed by atoms with Gasteiger partial charge in [0.05, 0.1) is 0 Å². The fraction of sp³-hybridized carbons (Fsp3) is 1.00. The molecule has 0 radical (unpaired) electrons. The standard InChI is InChI=1S/C20H40N2O/c1-17-11-18(2)14-21(13-17)7-5-9-23-10-6-8-22-15-19(3)12-20(4)16-22/h17-20H,5-16H2,1-4H3/t17-,18+,19-,20+. The molecule has 0 bridgehead atoms. The van der Waals surface area contributed by atoms with E-state index in [4.69, 9.17) is 4.74 Å². The van der Waals surface area contributed by atoms with Crippen LogP contribution in [-0.4, -0.2) is 62.3 Å². The molecule has 2 aliphatic heterocycles. The summed E-state index contributed by atoms with van der Waals surface area (Å²) < 4.78 is 5.87. The van der Waals surface area contributed by atoms with Crippen molar-refractivity contribution >= 4 is 0 Å². The van der Waals surface area contributed by atoms with Crippen molar-refractivity contribution in [3.63, 3.8) is 0 Å². The van der Waals surface area contributed by atoms with E-state index < -0.39 is 0 Å². The zero-order valence-electron chi connectivity index (χ0n) is 16.1. The minimum Gasteiger partial charge on any atom is -0.381 e. The molecule has 2 heterocycles. The Morgan fingerprint density at radius 3 is 1.35 bits per heavy atom. The van der Waals surface area contributed by atoms with Gasteiger partial charge in [0.1, 0.15) is 0 Å². The predicted molar refractivity (Wildman–Crippen MR) is 98.8 cm³/mol. The third kappa shape index (κ3) is 7.53. The van der Waals surface area contributed by atoms with Crippen LogP contribution in [0, 0.1) is 23.7 Å². The monoisotopic (exact) mass is 324 g/mol. The van der Waals surface area contributed by atoms with E-state index in [1.165, 1.54) is 65.0 Å². The van der Waals surface area contributed by atoms with Crippen molar-refractivity contribution < 1.29 is 4.74 Å². The molecule has 3 nitrogen and oxygen atoms in total. The third-order valence-electron chi connectivity index (χ3n) is 5.41. The Morgan fingerprint density at radius 1 is 0.652 bits per heavy atom. The lowest BCUT2D eigenvalue weighted by atomic mass is 9.92.